The molecule has 1 aliphatic heterocycles. The summed E-state index contributed by atoms with van der Waals surface area (Å²) >= 11 is 0. The third kappa shape index (κ3) is 5.12. The van der Waals surface area contributed by atoms with Gasteiger partial charge in [0.05, 0.1) is 16.3 Å². The first-order chi connectivity index (χ1) is 16.6. The lowest BCUT2D eigenvalue weighted by atomic mass is 10.1. The van der Waals surface area contributed by atoms with Crippen LogP contribution in [0.15, 0.2) is 45.8 Å². The normalized spacial score (nSPS) is 14.4. The molecule has 7 nitrogen and oxygen atoms in total. The van der Waals surface area contributed by atoms with Crippen LogP contribution in [0.5, 0.6) is 0 Å². The number of aryl methyl sites for hydroxylation is 3. The van der Waals surface area contributed by atoms with Crippen LogP contribution in [0.3, 0.4) is 0 Å². The summed E-state index contributed by atoms with van der Waals surface area (Å²) in [5, 5.41) is 3.97. The molecule has 35 heavy (non-hydrogen) atoms. The highest BCUT2D eigenvalue weighted by Crippen LogP contribution is 2.30. The largest absolute Gasteiger partial charge is 0.368 e. The van der Waals surface area contributed by atoms with Crippen molar-refractivity contribution in [3.63, 3.8) is 0 Å². The predicted octanol–water partition coefficient (Wildman–Crippen LogP) is 4.40. The monoisotopic (exact) mass is 495 g/mol. The molecule has 2 heterocycles. The highest BCUT2D eigenvalue weighted by atomic mass is 32.2. The molecular weight excluding hydrogens is 462 g/mol. The Labute approximate surface area is 207 Å². The molecule has 1 aliphatic rings. The molecule has 0 saturated carbocycles. The summed E-state index contributed by atoms with van der Waals surface area (Å²) in [5.74, 6) is 0.225. The van der Waals surface area contributed by atoms with Crippen LogP contribution in [-0.4, -0.2) is 56.3 Å². The van der Waals surface area contributed by atoms with Crippen molar-refractivity contribution in [2.45, 2.75) is 45.9 Å². The Bertz CT molecular complexity index is 1350. The fraction of sp³-hybridized carbons (Fsp3) is 0.407. The first kappa shape index (κ1) is 25.0. The van der Waals surface area contributed by atoms with E-state index in [2.05, 4.69) is 42.1 Å². The molecule has 0 spiro atoms. The van der Waals surface area contributed by atoms with E-state index in [1.807, 2.05) is 19.9 Å². The van der Waals surface area contributed by atoms with Gasteiger partial charge >= 0.3 is 0 Å². The van der Waals surface area contributed by atoms with Gasteiger partial charge < -0.3 is 14.3 Å². The molecule has 186 valence electrons. The Morgan fingerprint density at radius 2 is 1.66 bits per heavy atom. The van der Waals surface area contributed by atoms with E-state index in [-0.39, 0.29) is 23.0 Å². The molecule has 3 aromatic rings. The predicted molar refractivity (Wildman–Crippen MR) is 138 cm³/mol. The second-order valence-electron chi connectivity index (χ2n) is 9.36. The maximum Gasteiger partial charge on any atom is 0.223 e. The van der Waals surface area contributed by atoms with Gasteiger partial charge in [0, 0.05) is 49.4 Å². The van der Waals surface area contributed by atoms with Crippen LogP contribution in [-0.2, 0) is 14.6 Å². The average molecular weight is 496 g/mol. The van der Waals surface area contributed by atoms with Gasteiger partial charge in [-0.15, -0.1) is 0 Å². The number of rotatable bonds is 6. The number of carbonyl (C=O) groups excluding carboxylic acids is 1. The van der Waals surface area contributed by atoms with Crippen molar-refractivity contribution < 1.29 is 17.7 Å². The van der Waals surface area contributed by atoms with E-state index < -0.39 is 9.84 Å². The molecule has 0 aliphatic carbocycles. The van der Waals surface area contributed by atoms with Crippen LogP contribution in [0.25, 0.3) is 11.3 Å². The van der Waals surface area contributed by atoms with Crippen LogP contribution < -0.4 is 4.90 Å². The van der Waals surface area contributed by atoms with E-state index in [4.69, 9.17) is 4.52 Å². The lowest BCUT2D eigenvalue weighted by Crippen LogP contribution is -2.49. The first-order valence-corrected chi connectivity index (χ1v) is 13.6. The number of anilines is 1. The molecule has 4 rings (SSSR count). The quantitative estimate of drug-likeness (QED) is 0.504. The summed E-state index contributed by atoms with van der Waals surface area (Å²) in [4.78, 5) is 17.2. The van der Waals surface area contributed by atoms with Gasteiger partial charge in [-0.2, -0.15) is 0 Å². The third-order valence-corrected chi connectivity index (χ3v) is 8.93. The third-order valence-electron chi connectivity index (χ3n) is 7.08. The van der Waals surface area contributed by atoms with Gasteiger partial charge in [0.1, 0.15) is 0 Å². The highest BCUT2D eigenvalue weighted by molar-refractivity contribution is 7.91. The van der Waals surface area contributed by atoms with Crippen LogP contribution in [0.4, 0.5) is 5.69 Å². The number of carbonyl (C=O) groups is 1. The zero-order valence-corrected chi connectivity index (χ0v) is 21.9. The summed E-state index contributed by atoms with van der Waals surface area (Å²) in [7, 11) is -3.65. The second-order valence-corrected chi connectivity index (χ2v) is 11.4. The summed E-state index contributed by atoms with van der Waals surface area (Å²) in [5.41, 5.74) is 6.68. The Kier molecular flexibility index (Phi) is 7.03. The zero-order chi connectivity index (χ0) is 25.3. The fourth-order valence-electron chi connectivity index (χ4n) is 4.53. The highest BCUT2D eigenvalue weighted by Gasteiger charge is 2.26. The zero-order valence-electron chi connectivity index (χ0n) is 21.1. The number of hydrogen-bond donors (Lipinski definition) is 0. The summed E-state index contributed by atoms with van der Waals surface area (Å²) in [6.07, 6.45) is -0.0318. The van der Waals surface area contributed by atoms with Gasteiger partial charge in [-0.1, -0.05) is 29.4 Å². The van der Waals surface area contributed by atoms with Crippen LogP contribution in [0.2, 0.25) is 0 Å². The number of hydrogen-bond acceptors (Lipinski definition) is 6. The van der Waals surface area contributed by atoms with Gasteiger partial charge in [-0.3, -0.25) is 4.79 Å². The van der Waals surface area contributed by atoms with E-state index in [9.17, 15) is 13.2 Å². The topological polar surface area (TPSA) is 83.7 Å². The minimum atomic E-state index is -3.65. The molecule has 0 N–H and O–H groups in total. The Hall–Kier alpha value is -3.13. The van der Waals surface area contributed by atoms with Crippen molar-refractivity contribution in [2.24, 2.45) is 0 Å². The molecule has 1 aromatic heterocycles. The molecule has 8 heteroatoms. The SMILES string of the molecule is Cc1ccc(-c2onc(C)c2C)cc1S(=O)(=O)CCC(=O)N1CCN(c2cccc(C)c2C)CC1. The van der Waals surface area contributed by atoms with Gasteiger partial charge in [-0.25, -0.2) is 8.42 Å². The number of nitrogens with zero attached hydrogens (tertiary/aromatic N) is 3. The minimum Gasteiger partial charge on any atom is -0.368 e. The van der Waals surface area contributed by atoms with Gasteiger partial charge in [0.25, 0.3) is 0 Å². The first-order valence-electron chi connectivity index (χ1n) is 11.9. The van der Waals surface area contributed by atoms with Crippen molar-refractivity contribution in [1.82, 2.24) is 10.1 Å². The molecule has 2 aromatic carbocycles. The standard InChI is InChI=1S/C27H33N3O4S/c1-18-7-6-8-24(20(18)3)29-12-14-30(15-13-29)26(31)11-16-35(32,33)25-17-23(10-9-19(25)2)27-21(4)22(5)28-34-27/h6-10,17H,11-16H2,1-5H3. The maximum absolute atomic E-state index is 13.2. The average Bonchev–Trinajstić information content (AvgIpc) is 3.18. The van der Waals surface area contributed by atoms with Crippen LogP contribution in [0.1, 0.15) is 34.4 Å². The molecule has 1 amide bonds. The van der Waals surface area contributed by atoms with Gasteiger partial charge in [0.2, 0.25) is 5.91 Å². The molecule has 0 atom stereocenters. The lowest BCUT2D eigenvalue weighted by Gasteiger charge is -2.37. The van der Waals surface area contributed by atoms with Gasteiger partial charge in [0.15, 0.2) is 15.6 Å². The maximum atomic E-state index is 13.2. The summed E-state index contributed by atoms with van der Waals surface area (Å²) in [6, 6.07) is 11.5. The smallest absolute Gasteiger partial charge is 0.223 e. The summed E-state index contributed by atoms with van der Waals surface area (Å²) < 4.78 is 31.8. The van der Waals surface area contributed by atoms with Crippen molar-refractivity contribution in [3.8, 4) is 11.3 Å². The Morgan fingerprint density at radius 1 is 0.943 bits per heavy atom. The molecule has 0 unspecified atom stereocenters. The molecule has 0 bridgehead atoms. The molecule has 1 fully saturated rings. The number of amides is 1. The van der Waals surface area contributed by atoms with E-state index in [1.54, 1.807) is 24.0 Å². The number of aromatic nitrogens is 1. The Balaban J connectivity index is 1.41. The number of benzene rings is 2. The van der Waals surface area contributed by atoms with E-state index in [0.29, 0.717) is 30.0 Å². The summed E-state index contributed by atoms with van der Waals surface area (Å²) in [6.45, 7) is 12.4. The van der Waals surface area contributed by atoms with Gasteiger partial charge in [-0.05, 0) is 63.4 Å². The van der Waals surface area contributed by atoms with E-state index in [0.717, 1.165) is 24.3 Å². The van der Waals surface area contributed by atoms with Crippen LogP contribution in [0, 0.1) is 34.6 Å². The lowest BCUT2D eigenvalue weighted by molar-refractivity contribution is -0.131. The number of piperazine rings is 1. The van der Waals surface area contributed by atoms with E-state index in [1.165, 1.54) is 16.8 Å². The number of sulfone groups is 1. The van der Waals surface area contributed by atoms with Crippen LogP contribution >= 0.6 is 0 Å². The molecular formula is C27H33N3O4S. The van der Waals surface area contributed by atoms with Crippen molar-refractivity contribution in [2.75, 3.05) is 36.8 Å². The Morgan fingerprint density at radius 3 is 2.31 bits per heavy atom. The van der Waals surface area contributed by atoms with Crippen molar-refractivity contribution in [1.29, 1.82) is 0 Å². The molecule has 0 radical (unpaired) electrons. The van der Waals surface area contributed by atoms with Crippen molar-refractivity contribution >= 4 is 21.4 Å². The second kappa shape index (κ2) is 9.85. The minimum absolute atomic E-state index is 0.0318. The van der Waals surface area contributed by atoms with Crippen molar-refractivity contribution in [3.05, 3.63) is 64.3 Å². The van der Waals surface area contributed by atoms with E-state index >= 15 is 0 Å². The fourth-order valence-corrected chi connectivity index (χ4v) is 6.05. The molecule has 1 saturated heterocycles.